The van der Waals surface area contributed by atoms with E-state index in [4.69, 9.17) is 14.2 Å². The molecule has 2 aromatic rings. The summed E-state index contributed by atoms with van der Waals surface area (Å²) in [5, 5.41) is 3.48. The zero-order valence-corrected chi connectivity index (χ0v) is 17.4. The molecule has 2 aromatic carbocycles. The van der Waals surface area contributed by atoms with Gasteiger partial charge in [-0.1, -0.05) is 49.4 Å². The lowest BCUT2D eigenvalue weighted by Crippen LogP contribution is -2.28. The van der Waals surface area contributed by atoms with Gasteiger partial charge in [0.15, 0.2) is 17.7 Å². The lowest BCUT2D eigenvalue weighted by molar-refractivity contribution is -0.171. The molecule has 0 radical (unpaired) electrons. The van der Waals surface area contributed by atoms with E-state index in [0.29, 0.717) is 19.6 Å². The van der Waals surface area contributed by atoms with E-state index >= 15 is 0 Å². The molecule has 0 saturated carbocycles. The van der Waals surface area contributed by atoms with Crippen LogP contribution in [0.25, 0.3) is 0 Å². The van der Waals surface area contributed by atoms with Crippen LogP contribution in [0.4, 0.5) is 0 Å². The van der Waals surface area contributed by atoms with E-state index in [1.165, 1.54) is 0 Å². The molecule has 0 aliphatic carbocycles. The summed E-state index contributed by atoms with van der Waals surface area (Å²) >= 11 is 0. The van der Waals surface area contributed by atoms with Gasteiger partial charge in [0.05, 0.1) is 13.2 Å². The largest absolute Gasteiger partial charge is 0.483 e. The Morgan fingerprint density at radius 1 is 1.14 bits per heavy atom. The number of benzene rings is 2. The van der Waals surface area contributed by atoms with Crippen LogP contribution in [0, 0.1) is 0 Å². The molecule has 1 heterocycles. The van der Waals surface area contributed by atoms with Crippen molar-refractivity contribution in [2.24, 2.45) is 0 Å². The predicted molar refractivity (Wildman–Crippen MR) is 113 cm³/mol. The lowest BCUT2D eigenvalue weighted by atomic mass is 10.0. The van der Waals surface area contributed by atoms with Gasteiger partial charge in [0.1, 0.15) is 5.75 Å². The molecule has 1 N–H and O–H groups in total. The normalized spacial score (nSPS) is 16.5. The summed E-state index contributed by atoms with van der Waals surface area (Å²) in [5.41, 5.74) is 2.21. The van der Waals surface area contributed by atoms with Crippen molar-refractivity contribution in [3.63, 3.8) is 0 Å². The van der Waals surface area contributed by atoms with E-state index in [1.807, 2.05) is 43.3 Å². The summed E-state index contributed by atoms with van der Waals surface area (Å²) in [6.07, 6.45) is 2.04. The minimum Gasteiger partial charge on any atom is -0.483 e. The number of ketones is 1. The number of hydrogen-bond acceptors (Lipinski definition) is 5. The van der Waals surface area contributed by atoms with Crippen molar-refractivity contribution >= 4 is 5.78 Å². The van der Waals surface area contributed by atoms with Crippen LogP contribution < -0.4 is 10.1 Å². The summed E-state index contributed by atoms with van der Waals surface area (Å²) in [6.45, 7) is 6.39. The zero-order chi connectivity index (χ0) is 20.5. The van der Waals surface area contributed by atoms with E-state index in [0.717, 1.165) is 42.8 Å². The van der Waals surface area contributed by atoms with Crippen LogP contribution in [0.5, 0.6) is 5.75 Å². The summed E-state index contributed by atoms with van der Waals surface area (Å²) < 4.78 is 17.8. The highest BCUT2D eigenvalue weighted by molar-refractivity contribution is 5.80. The molecule has 29 heavy (non-hydrogen) atoms. The van der Waals surface area contributed by atoms with Crippen LogP contribution in [0.3, 0.4) is 0 Å². The van der Waals surface area contributed by atoms with Crippen LogP contribution in [-0.4, -0.2) is 31.6 Å². The van der Waals surface area contributed by atoms with Gasteiger partial charge in [-0.25, -0.2) is 0 Å². The van der Waals surface area contributed by atoms with Crippen LogP contribution >= 0.6 is 0 Å². The molecule has 3 rings (SSSR count). The van der Waals surface area contributed by atoms with Crippen molar-refractivity contribution in [3.05, 3.63) is 65.7 Å². The molecule has 1 saturated heterocycles. The zero-order valence-electron chi connectivity index (χ0n) is 17.4. The number of ether oxygens (including phenoxy) is 3. The van der Waals surface area contributed by atoms with E-state index < -0.39 is 5.79 Å². The number of hydrogen-bond donors (Lipinski definition) is 1. The van der Waals surface area contributed by atoms with Gasteiger partial charge < -0.3 is 19.5 Å². The average Bonchev–Trinajstić information content (AvgIpc) is 3.22. The van der Waals surface area contributed by atoms with Gasteiger partial charge >= 0.3 is 0 Å². The molecule has 5 heteroatoms. The molecule has 1 aliphatic heterocycles. The molecular weight excluding hydrogens is 366 g/mol. The third-order valence-electron chi connectivity index (χ3n) is 5.16. The molecule has 1 unspecified atom stereocenters. The highest BCUT2D eigenvalue weighted by atomic mass is 16.7. The van der Waals surface area contributed by atoms with Crippen molar-refractivity contribution in [1.29, 1.82) is 0 Å². The number of Topliss-reactive ketones (excluding diaryl/α,β-unsaturated/α-hetero) is 1. The average molecular weight is 398 g/mol. The highest BCUT2D eigenvalue weighted by Crippen LogP contribution is 2.35. The standard InChI is InChI=1S/C24H31NO4/c1-3-23(19(2)26)29-22-12-7-9-20(17-22)18-25-14-8-13-24(27-15-16-28-24)21-10-5-4-6-11-21/h4-7,9-12,17,23,25H,3,8,13-16,18H2,1-2H3. The monoisotopic (exact) mass is 397 g/mol. The lowest BCUT2D eigenvalue weighted by Gasteiger charge is -2.28. The maximum atomic E-state index is 11.6. The van der Waals surface area contributed by atoms with Gasteiger partial charge in [-0.05, 0) is 44.0 Å². The molecule has 0 aromatic heterocycles. The van der Waals surface area contributed by atoms with Crippen molar-refractivity contribution in [2.75, 3.05) is 19.8 Å². The van der Waals surface area contributed by atoms with Crippen molar-refractivity contribution in [3.8, 4) is 5.75 Å². The first-order valence-corrected chi connectivity index (χ1v) is 10.4. The fourth-order valence-electron chi connectivity index (χ4n) is 3.63. The summed E-state index contributed by atoms with van der Waals surface area (Å²) in [5.74, 6) is 0.181. The molecule has 0 spiro atoms. The first-order valence-electron chi connectivity index (χ1n) is 10.4. The smallest absolute Gasteiger partial charge is 0.195 e. The Bertz CT molecular complexity index is 771. The third-order valence-corrected chi connectivity index (χ3v) is 5.16. The van der Waals surface area contributed by atoms with Crippen LogP contribution in [0.2, 0.25) is 0 Å². The molecule has 156 valence electrons. The van der Waals surface area contributed by atoms with Gasteiger partial charge in [-0.3, -0.25) is 4.79 Å². The summed E-state index contributed by atoms with van der Waals surface area (Å²) in [7, 11) is 0. The fraction of sp³-hybridized carbons (Fsp3) is 0.458. The maximum absolute atomic E-state index is 11.6. The van der Waals surface area contributed by atoms with Gasteiger partial charge in [-0.2, -0.15) is 0 Å². The molecular formula is C24H31NO4. The van der Waals surface area contributed by atoms with Crippen molar-refractivity contribution in [2.45, 2.75) is 51.5 Å². The Labute approximate surface area is 173 Å². The Balaban J connectivity index is 1.47. The van der Waals surface area contributed by atoms with Crippen LogP contribution in [-0.2, 0) is 26.6 Å². The number of carbonyl (C=O) groups excluding carboxylic acids is 1. The third kappa shape index (κ3) is 5.89. The summed E-state index contributed by atoms with van der Waals surface area (Å²) in [6, 6.07) is 18.1. The van der Waals surface area contributed by atoms with Gasteiger partial charge in [0.2, 0.25) is 0 Å². The van der Waals surface area contributed by atoms with E-state index in [-0.39, 0.29) is 11.9 Å². The molecule has 1 aliphatic rings. The summed E-state index contributed by atoms with van der Waals surface area (Å²) in [4.78, 5) is 11.6. The van der Waals surface area contributed by atoms with Gasteiger partial charge in [0.25, 0.3) is 0 Å². The van der Waals surface area contributed by atoms with Gasteiger partial charge in [-0.15, -0.1) is 0 Å². The Kier molecular flexibility index (Phi) is 7.81. The fourth-order valence-corrected chi connectivity index (χ4v) is 3.63. The Morgan fingerprint density at radius 2 is 1.90 bits per heavy atom. The van der Waals surface area contributed by atoms with E-state index in [1.54, 1.807) is 6.92 Å². The second kappa shape index (κ2) is 10.5. The number of carbonyl (C=O) groups is 1. The second-order valence-electron chi connectivity index (χ2n) is 7.37. The highest BCUT2D eigenvalue weighted by Gasteiger charge is 2.37. The van der Waals surface area contributed by atoms with Crippen molar-refractivity contribution in [1.82, 2.24) is 5.32 Å². The predicted octanol–water partition coefficient (Wildman–Crippen LogP) is 4.20. The first kappa shape index (κ1) is 21.5. The quantitative estimate of drug-likeness (QED) is 0.576. The van der Waals surface area contributed by atoms with Crippen molar-refractivity contribution < 1.29 is 19.0 Å². The molecule has 0 amide bonds. The molecule has 0 bridgehead atoms. The molecule has 5 nitrogen and oxygen atoms in total. The molecule has 1 atom stereocenters. The Hall–Kier alpha value is -2.21. The minimum absolute atomic E-state index is 0.0553. The topological polar surface area (TPSA) is 56.8 Å². The number of rotatable bonds is 11. The molecule has 1 fully saturated rings. The SMILES string of the molecule is CCC(Oc1cccc(CNCCCC2(c3ccccc3)OCCO2)c1)C(C)=O. The number of nitrogens with one attached hydrogen (secondary N) is 1. The van der Waals surface area contributed by atoms with Gasteiger partial charge in [0, 0.05) is 18.5 Å². The van der Waals surface area contributed by atoms with E-state index in [2.05, 4.69) is 23.5 Å². The first-order chi connectivity index (χ1) is 14.1. The van der Waals surface area contributed by atoms with Crippen LogP contribution in [0.15, 0.2) is 54.6 Å². The van der Waals surface area contributed by atoms with Crippen LogP contribution in [0.1, 0.15) is 44.2 Å². The maximum Gasteiger partial charge on any atom is 0.195 e. The Morgan fingerprint density at radius 3 is 2.59 bits per heavy atom. The van der Waals surface area contributed by atoms with E-state index in [9.17, 15) is 4.79 Å². The minimum atomic E-state index is -0.613. The second-order valence-corrected chi connectivity index (χ2v) is 7.37.